The molecule has 248 valence electrons. The second-order valence-electron chi connectivity index (χ2n) is 11.9. The molecule has 0 bridgehead atoms. The van der Waals surface area contributed by atoms with E-state index < -0.39 is 5.91 Å². The summed E-state index contributed by atoms with van der Waals surface area (Å²) >= 11 is 7.05. The molecule has 1 saturated carbocycles. The Bertz CT molecular complexity index is 1690. The maximum Gasteiger partial charge on any atom is 0.287 e. The summed E-state index contributed by atoms with van der Waals surface area (Å²) in [6.07, 6.45) is 10.7. The molecule has 47 heavy (non-hydrogen) atoms. The van der Waals surface area contributed by atoms with Gasteiger partial charge in [-0.3, -0.25) is 9.59 Å². The van der Waals surface area contributed by atoms with Gasteiger partial charge in [-0.05, 0) is 100.0 Å². The highest BCUT2D eigenvalue weighted by atomic mass is 35.5. The Morgan fingerprint density at radius 2 is 1.81 bits per heavy atom. The fourth-order valence-electron chi connectivity index (χ4n) is 5.75. The minimum atomic E-state index is -0.392. The monoisotopic (exact) mass is 673 g/mol. The van der Waals surface area contributed by atoms with Crippen LogP contribution < -0.4 is 15.5 Å². The Hall–Kier alpha value is -3.85. The van der Waals surface area contributed by atoms with Gasteiger partial charge in [-0.25, -0.2) is 0 Å². The summed E-state index contributed by atoms with van der Waals surface area (Å²) in [5, 5.41) is 4.12. The second-order valence-corrected chi connectivity index (χ2v) is 12.9. The van der Waals surface area contributed by atoms with Gasteiger partial charge in [0, 0.05) is 42.5 Å². The molecule has 0 aliphatic heterocycles. The molecule has 7 nitrogen and oxygen atoms in total. The Balaban J connectivity index is 0.000000546. The molecule has 1 amide bonds. The zero-order chi connectivity index (χ0) is 33.6. The van der Waals surface area contributed by atoms with Gasteiger partial charge in [0.1, 0.15) is 11.9 Å². The van der Waals surface area contributed by atoms with Crippen molar-refractivity contribution in [2.45, 2.75) is 57.9 Å². The Kier molecular flexibility index (Phi) is 14.2. The number of amides is 1. The summed E-state index contributed by atoms with van der Waals surface area (Å²) in [6.45, 7) is 4.24. The van der Waals surface area contributed by atoms with E-state index in [0.29, 0.717) is 29.9 Å². The van der Waals surface area contributed by atoms with E-state index in [-0.39, 0.29) is 11.2 Å². The molecule has 9 heteroatoms. The first-order valence-corrected chi connectivity index (χ1v) is 17.6. The molecule has 3 aromatic carbocycles. The Morgan fingerprint density at radius 3 is 2.51 bits per heavy atom. The summed E-state index contributed by atoms with van der Waals surface area (Å²) in [5.41, 5.74) is 6.35. The van der Waals surface area contributed by atoms with Crippen molar-refractivity contribution in [1.82, 2.24) is 10.2 Å². The van der Waals surface area contributed by atoms with E-state index in [1.165, 1.54) is 40.3 Å². The highest BCUT2D eigenvalue weighted by molar-refractivity contribution is 7.99. The van der Waals surface area contributed by atoms with E-state index >= 15 is 0 Å². The van der Waals surface area contributed by atoms with Crippen LogP contribution in [-0.2, 0) is 11.3 Å². The average Bonchev–Trinajstić information content (AvgIpc) is 3.07. The number of unbranched alkanes of at least 4 members (excludes halogenated alkanes) is 1. The largest absolute Gasteiger partial charge is 0.451 e. The average molecular weight is 674 g/mol. The van der Waals surface area contributed by atoms with Gasteiger partial charge in [0.05, 0.1) is 5.39 Å². The molecule has 1 heterocycles. The lowest BCUT2D eigenvalue weighted by molar-refractivity contribution is -0.108. The summed E-state index contributed by atoms with van der Waals surface area (Å²) in [4.78, 5) is 38.2. The summed E-state index contributed by atoms with van der Waals surface area (Å²) in [7, 11) is 2.11. The van der Waals surface area contributed by atoms with Crippen LogP contribution in [0.1, 0.15) is 71.7 Å². The zero-order valence-corrected chi connectivity index (χ0v) is 29.0. The zero-order valence-electron chi connectivity index (χ0n) is 27.4. The van der Waals surface area contributed by atoms with Crippen LogP contribution in [0.4, 0.5) is 5.69 Å². The predicted octanol–water partition coefficient (Wildman–Crippen LogP) is 8.56. The highest BCUT2D eigenvalue weighted by Crippen LogP contribution is 2.37. The summed E-state index contributed by atoms with van der Waals surface area (Å²) < 4.78 is 8.82. The van der Waals surface area contributed by atoms with Crippen molar-refractivity contribution in [2.24, 2.45) is 0 Å². The van der Waals surface area contributed by atoms with Gasteiger partial charge in [-0.2, -0.15) is 0 Å². The topological polar surface area (TPSA) is 91.7 Å². The van der Waals surface area contributed by atoms with Gasteiger partial charge in [-0.1, -0.05) is 77.2 Å². The summed E-state index contributed by atoms with van der Waals surface area (Å²) in [6, 6.07) is 23.0. The van der Waals surface area contributed by atoms with Crippen molar-refractivity contribution in [3.8, 4) is 0 Å². The summed E-state index contributed by atoms with van der Waals surface area (Å²) in [5.74, 6) is 0.153. The van der Waals surface area contributed by atoms with Gasteiger partial charge >= 0.3 is 0 Å². The van der Waals surface area contributed by atoms with Crippen LogP contribution in [0.25, 0.3) is 11.0 Å². The van der Waals surface area contributed by atoms with Gasteiger partial charge in [0.25, 0.3) is 5.91 Å². The lowest BCUT2D eigenvalue weighted by Gasteiger charge is -2.27. The molecular weight excluding hydrogens is 630 g/mol. The van der Waals surface area contributed by atoms with Crippen molar-refractivity contribution in [3.05, 3.63) is 122 Å². The minimum absolute atomic E-state index is 0.0212. The first kappa shape index (κ1) is 36.0. The number of allylic oxidation sites excluding steroid dienone is 1. The second kappa shape index (κ2) is 18.5. The van der Waals surface area contributed by atoms with Crippen LogP contribution in [0.2, 0.25) is 5.02 Å². The molecule has 4 aromatic rings. The number of aryl methyl sites for hydroxylation is 1. The molecule has 1 aliphatic rings. The number of nitrogens with one attached hydrogen (secondary N) is 2. The van der Waals surface area contributed by atoms with Gasteiger partial charge < -0.3 is 24.2 Å². The highest BCUT2D eigenvalue weighted by Gasteiger charge is 2.21. The van der Waals surface area contributed by atoms with E-state index in [1.54, 1.807) is 12.1 Å². The first-order valence-electron chi connectivity index (χ1n) is 16.0. The van der Waals surface area contributed by atoms with Gasteiger partial charge in [0.2, 0.25) is 0 Å². The maximum absolute atomic E-state index is 12.7. The standard InChI is InChI=1S/C31H37N3O4S.C7H7Cl/c1-34(17-5-6-18-35)21-24-7-3-4-8-26(24)23-11-9-22(10-12-23)15-16-32-31(37)30-20-28(36)27-19-25(33-39-2)13-14-29(27)38-30;1-6-2-4-7(8)5-3-6/h3-4,7-8,13-15,18-20,23,33H,5-6,9-12,16-17,21H2,1-2H3,(H,32,37);2-5H,1H3. The number of hydrogen-bond acceptors (Lipinski definition) is 7. The third kappa shape index (κ3) is 11.1. The fourth-order valence-corrected chi connectivity index (χ4v) is 6.24. The molecule has 0 atom stereocenters. The number of hydrogen-bond donors (Lipinski definition) is 2. The normalized spacial score (nSPS) is 14.3. The number of anilines is 1. The molecule has 0 unspecified atom stereocenters. The number of carbonyl (C=O) groups excluding carboxylic acids is 2. The van der Waals surface area contributed by atoms with Gasteiger partial charge in [-0.15, -0.1) is 0 Å². The van der Waals surface area contributed by atoms with E-state index in [0.717, 1.165) is 62.2 Å². The quantitative estimate of drug-likeness (QED) is 0.0674. The first-order chi connectivity index (χ1) is 22.8. The van der Waals surface area contributed by atoms with Crippen molar-refractivity contribution in [2.75, 3.05) is 31.1 Å². The number of aldehydes is 1. The third-order valence-electron chi connectivity index (χ3n) is 8.26. The molecule has 0 saturated heterocycles. The molecule has 0 spiro atoms. The van der Waals surface area contributed by atoms with Crippen LogP contribution in [0.5, 0.6) is 0 Å². The predicted molar refractivity (Wildman–Crippen MR) is 196 cm³/mol. The lowest BCUT2D eigenvalue weighted by Crippen LogP contribution is -2.25. The van der Waals surface area contributed by atoms with Crippen LogP contribution in [-0.4, -0.2) is 43.5 Å². The van der Waals surface area contributed by atoms with Crippen LogP contribution in [0, 0.1) is 6.92 Å². The van der Waals surface area contributed by atoms with Crippen molar-refractivity contribution < 1.29 is 14.0 Å². The van der Waals surface area contributed by atoms with Gasteiger partial charge in [0.15, 0.2) is 11.2 Å². The SMILES string of the molecule is CSNc1ccc2oc(C(=O)NCC=C3CCC(c4ccccc4CN(C)CCCC=O)CC3)cc(=O)c2c1.Cc1ccc(Cl)cc1. The molecule has 1 aromatic heterocycles. The molecule has 1 aliphatic carbocycles. The van der Waals surface area contributed by atoms with Crippen LogP contribution in [0.3, 0.4) is 0 Å². The number of benzene rings is 3. The van der Waals surface area contributed by atoms with E-state index in [9.17, 15) is 14.4 Å². The fraction of sp³-hybridized carbons (Fsp3) is 0.342. The van der Waals surface area contributed by atoms with E-state index in [1.807, 2.05) is 43.5 Å². The van der Waals surface area contributed by atoms with Crippen molar-refractivity contribution >= 4 is 52.4 Å². The van der Waals surface area contributed by atoms with Crippen LogP contribution >= 0.6 is 23.5 Å². The maximum atomic E-state index is 12.7. The number of nitrogens with zero attached hydrogens (tertiary/aromatic N) is 1. The molecule has 5 rings (SSSR count). The number of rotatable bonds is 12. The van der Waals surface area contributed by atoms with Crippen molar-refractivity contribution in [1.29, 1.82) is 0 Å². The number of carbonyl (C=O) groups is 2. The van der Waals surface area contributed by atoms with Crippen LogP contribution in [0.15, 0.2) is 93.7 Å². The third-order valence-corrected chi connectivity index (χ3v) is 8.95. The molecule has 0 radical (unpaired) electrons. The Labute approximate surface area is 286 Å². The van der Waals surface area contributed by atoms with Crippen molar-refractivity contribution in [3.63, 3.8) is 0 Å². The smallest absolute Gasteiger partial charge is 0.287 e. The number of halogens is 1. The van der Waals surface area contributed by atoms with E-state index in [4.69, 9.17) is 16.0 Å². The number of fused-ring (bicyclic) bond motifs is 1. The molecular formula is C38H44ClN3O4S. The lowest BCUT2D eigenvalue weighted by atomic mass is 9.80. The van der Waals surface area contributed by atoms with E-state index in [2.05, 4.69) is 52.3 Å². The Morgan fingerprint density at radius 1 is 1.06 bits per heavy atom. The minimum Gasteiger partial charge on any atom is -0.451 e. The molecule has 2 N–H and O–H groups in total. The molecule has 1 fully saturated rings.